The molecule has 0 bridgehead atoms. The normalized spacial score (nSPS) is 24.6. The molecule has 0 saturated heterocycles. The molecule has 120 valence electrons. The van der Waals surface area contributed by atoms with Gasteiger partial charge in [0.2, 0.25) is 0 Å². The van der Waals surface area contributed by atoms with E-state index in [-0.39, 0.29) is 23.1 Å². The number of aromatic amines is 1. The Hall–Kier alpha value is -1.62. The van der Waals surface area contributed by atoms with E-state index >= 15 is 0 Å². The van der Waals surface area contributed by atoms with Crippen molar-refractivity contribution in [1.82, 2.24) is 10.3 Å². The summed E-state index contributed by atoms with van der Waals surface area (Å²) in [6, 6.07) is 1.89. The lowest BCUT2D eigenvalue weighted by molar-refractivity contribution is 0.0906. The Balaban J connectivity index is 1.78. The van der Waals surface area contributed by atoms with Crippen molar-refractivity contribution in [3.05, 3.63) is 33.2 Å². The van der Waals surface area contributed by atoms with Crippen LogP contribution in [0.4, 0.5) is 0 Å². The highest BCUT2D eigenvalue weighted by Gasteiger charge is 2.27. The minimum atomic E-state index is -0.266. The van der Waals surface area contributed by atoms with Gasteiger partial charge >= 0.3 is 0 Å². The molecule has 1 saturated carbocycles. The molecule has 0 aliphatic heterocycles. The van der Waals surface area contributed by atoms with Gasteiger partial charge in [-0.25, -0.2) is 0 Å². The Morgan fingerprint density at radius 1 is 1.23 bits per heavy atom. The van der Waals surface area contributed by atoms with Gasteiger partial charge in [0.25, 0.3) is 11.5 Å². The van der Waals surface area contributed by atoms with E-state index in [1.165, 1.54) is 6.42 Å². The van der Waals surface area contributed by atoms with Gasteiger partial charge in [-0.05, 0) is 62.6 Å². The van der Waals surface area contributed by atoms with Gasteiger partial charge < -0.3 is 16.0 Å². The van der Waals surface area contributed by atoms with E-state index in [0.717, 1.165) is 56.2 Å². The molecule has 1 fully saturated rings. The van der Waals surface area contributed by atoms with Crippen LogP contribution in [0.1, 0.15) is 60.1 Å². The summed E-state index contributed by atoms with van der Waals surface area (Å²) in [5.41, 5.74) is 7.92. The number of pyridine rings is 1. The Bertz CT molecular complexity index is 608. The zero-order valence-electron chi connectivity index (χ0n) is 13.0. The smallest absolute Gasteiger partial charge is 0.261 e. The van der Waals surface area contributed by atoms with Crippen molar-refractivity contribution in [2.75, 3.05) is 6.54 Å². The average Bonchev–Trinajstić information content (AvgIpc) is 2.54. The summed E-state index contributed by atoms with van der Waals surface area (Å²) in [5, 5.41) is 3.04. The zero-order valence-corrected chi connectivity index (χ0v) is 13.0. The van der Waals surface area contributed by atoms with Crippen LogP contribution in [0.2, 0.25) is 0 Å². The van der Waals surface area contributed by atoms with Crippen molar-refractivity contribution in [3.63, 3.8) is 0 Å². The van der Waals surface area contributed by atoms with Crippen LogP contribution in [0.5, 0.6) is 0 Å². The average molecular weight is 303 g/mol. The molecule has 1 heterocycles. The fourth-order valence-electron chi connectivity index (χ4n) is 3.77. The second-order valence-corrected chi connectivity index (χ2v) is 6.58. The number of rotatable bonds is 3. The molecule has 2 aliphatic rings. The predicted molar refractivity (Wildman–Crippen MR) is 86.0 cm³/mol. The summed E-state index contributed by atoms with van der Waals surface area (Å²) >= 11 is 0. The molecule has 2 unspecified atom stereocenters. The third kappa shape index (κ3) is 3.09. The van der Waals surface area contributed by atoms with Crippen LogP contribution in [0, 0.1) is 5.92 Å². The molecular weight excluding hydrogens is 278 g/mol. The van der Waals surface area contributed by atoms with Crippen LogP contribution in [0.25, 0.3) is 0 Å². The number of hydrogen-bond donors (Lipinski definition) is 3. The van der Waals surface area contributed by atoms with Crippen molar-refractivity contribution < 1.29 is 4.79 Å². The van der Waals surface area contributed by atoms with Crippen molar-refractivity contribution in [3.8, 4) is 0 Å². The summed E-state index contributed by atoms with van der Waals surface area (Å²) in [5.74, 6) is 0.0781. The summed E-state index contributed by atoms with van der Waals surface area (Å²) in [7, 11) is 0. The standard InChI is InChI=1S/C17H25N3O2/c18-10-12-6-2-4-8-15(12)20-17(22)13-9-11-5-1-3-7-14(11)19-16(13)21/h9,12,15H,1-8,10,18H2,(H,19,21)(H,20,22). The van der Waals surface area contributed by atoms with E-state index in [2.05, 4.69) is 10.3 Å². The molecule has 0 aromatic carbocycles. The number of amides is 1. The van der Waals surface area contributed by atoms with Crippen LogP contribution in [-0.2, 0) is 12.8 Å². The minimum absolute atomic E-state index is 0.0988. The number of hydrogen-bond acceptors (Lipinski definition) is 3. The number of fused-ring (bicyclic) bond motifs is 1. The molecular formula is C17H25N3O2. The number of H-pyrrole nitrogens is 1. The first-order chi connectivity index (χ1) is 10.7. The molecule has 2 atom stereocenters. The van der Waals surface area contributed by atoms with Gasteiger partial charge in [0.1, 0.15) is 5.56 Å². The molecule has 1 aromatic heterocycles. The summed E-state index contributed by atoms with van der Waals surface area (Å²) in [4.78, 5) is 27.6. The van der Waals surface area contributed by atoms with Crippen LogP contribution < -0.4 is 16.6 Å². The SMILES string of the molecule is NCC1CCCCC1NC(=O)c1cc2c([nH]c1=O)CCCC2. The van der Waals surface area contributed by atoms with Gasteiger partial charge in [-0.15, -0.1) is 0 Å². The topological polar surface area (TPSA) is 88.0 Å². The molecule has 1 aromatic rings. The van der Waals surface area contributed by atoms with Gasteiger partial charge in [0.05, 0.1) is 0 Å². The van der Waals surface area contributed by atoms with Crippen LogP contribution >= 0.6 is 0 Å². The molecule has 0 radical (unpaired) electrons. The van der Waals surface area contributed by atoms with Crippen molar-refractivity contribution in [2.45, 2.75) is 57.4 Å². The Kier molecular flexibility index (Phi) is 4.62. The first-order valence-electron chi connectivity index (χ1n) is 8.45. The van der Waals surface area contributed by atoms with E-state index in [4.69, 9.17) is 5.73 Å². The largest absolute Gasteiger partial charge is 0.349 e. The second kappa shape index (κ2) is 6.65. The van der Waals surface area contributed by atoms with E-state index in [1.807, 2.05) is 0 Å². The first kappa shape index (κ1) is 15.3. The molecule has 5 heteroatoms. The van der Waals surface area contributed by atoms with E-state index in [1.54, 1.807) is 6.07 Å². The molecule has 0 spiro atoms. The predicted octanol–water partition coefficient (Wildman–Crippen LogP) is 1.50. The van der Waals surface area contributed by atoms with Gasteiger partial charge in [0.15, 0.2) is 0 Å². The molecule has 22 heavy (non-hydrogen) atoms. The Morgan fingerprint density at radius 3 is 2.82 bits per heavy atom. The van der Waals surface area contributed by atoms with Gasteiger partial charge in [-0.3, -0.25) is 9.59 Å². The highest BCUT2D eigenvalue weighted by atomic mass is 16.2. The van der Waals surface area contributed by atoms with Crippen LogP contribution in [-0.4, -0.2) is 23.5 Å². The number of nitrogens with two attached hydrogens (primary N) is 1. The lowest BCUT2D eigenvalue weighted by Gasteiger charge is -2.31. The summed E-state index contributed by atoms with van der Waals surface area (Å²) < 4.78 is 0. The molecule has 2 aliphatic carbocycles. The van der Waals surface area contributed by atoms with Crippen LogP contribution in [0.3, 0.4) is 0 Å². The maximum Gasteiger partial charge on any atom is 0.261 e. The molecule has 3 rings (SSSR count). The number of aromatic nitrogens is 1. The number of carbonyl (C=O) groups excluding carboxylic acids is 1. The summed E-state index contributed by atoms with van der Waals surface area (Å²) in [6.07, 6.45) is 8.38. The van der Waals surface area contributed by atoms with Crippen molar-refractivity contribution >= 4 is 5.91 Å². The lowest BCUT2D eigenvalue weighted by atomic mass is 9.84. The third-order valence-corrected chi connectivity index (χ3v) is 5.11. The maximum atomic E-state index is 12.5. The monoisotopic (exact) mass is 303 g/mol. The molecule has 4 N–H and O–H groups in total. The van der Waals surface area contributed by atoms with Crippen molar-refractivity contribution in [1.29, 1.82) is 0 Å². The number of nitrogens with one attached hydrogen (secondary N) is 2. The molecule has 1 amide bonds. The first-order valence-corrected chi connectivity index (χ1v) is 8.45. The van der Waals surface area contributed by atoms with Gasteiger partial charge in [-0.2, -0.15) is 0 Å². The number of aryl methyl sites for hydroxylation is 2. The maximum absolute atomic E-state index is 12.5. The Morgan fingerprint density at radius 2 is 2.00 bits per heavy atom. The van der Waals surface area contributed by atoms with Crippen molar-refractivity contribution in [2.24, 2.45) is 11.7 Å². The zero-order chi connectivity index (χ0) is 15.5. The minimum Gasteiger partial charge on any atom is -0.349 e. The van der Waals surface area contributed by atoms with E-state index in [0.29, 0.717) is 12.5 Å². The molecule has 5 nitrogen and oxygen atoms in total. The highest BCUT2D eigenvalue weighted by molar-refractivity contribution is 5.94. The van der Waals surface area contributed by atoms with Gasteiger partial charge in [-0.1, -0.05) is 12.8 Å². The fraction of sp³-hybridized carbons (Fsp3) is 0.647. The fourth-order valence-corrected chi connectivity index (χ4v) is 3.77. The second-order valence-electron chi connectivity index (χ2n) is 6.58. The third-order valence-electron chi connectivity index (χ3n) is 5.11. The van der Waals surface area contributed by atoms with E-state index in [9.17, 15) is 9.59 Å². The number of carbonyl (C=O) groups is 1. The van der Waals surface area contributed by atoms with Gasteiger partial charge in [0, 0.05) is 11.7 Å². The van der Waals surface area contributed by atoms with E-state index < -0.39 is 0 Å². The highest BCUT2D eigenvalue weighted by Crippen LogP contribution is 2.24. The summed E-state index contributed by atoms with van der Waals surface area (Å²) in [6.45, 7) is 0.589. The lowest BCUT2D eigenvalue weighted by Crippen LogP contribution is -2.46. The quantitative estimate of drug-likeness (QED) is 0.790. The van der Waals surface area contributed by atoms with Crippen LogP contribution in [0.15, 0.2) is 10.9 Å². The Labute approximate surface area is 130 Å².